The summed E-state index contributed by atoms with van der Waals surface area (Å²) in [5.74, 6) is -0.01000. The second-order valence-electron chi connectivity index (χ2n) is 3.91. The molecule has 1 amide bonds. The van der Waals surface area contributed by atoms with Crippen LogP contribution >= 0.6 is 0 Å². The van der Waals surface area contributed by atoms with E-state index in [1.807, 2.05) is 19.9 Å². The maximum atomic E-state index is 12.2. The van der Waals surface area contributed by atoms with Crippen molar-refractivity contribution in [2.45, 2.75) is 26.8 Å². The number of carbonyl (C=O) groups excluding carboxylic acids is 1. The van der Waals surface area contributed by atoms with Gasteiger partial charge in [0.2, 0.25) is 0 Å². The smallest absolute Gasteiger partial charge is 0.275 e. The molecule has 2 heterocycles. The Kier molecular flexibility index (Phi) is 3.61. The maximum Gasteiger partial charge on any atom is 0.275 e. The molecule has 0 aromatic carbocycles. The fraction of sp³-hybridized carbons (Fsp3) is 0.333. The number of aromatic nitrogens is 4. The van der Waals surface area contributed by atoms with Crippen molar-refractivity contribution in [3.8, 4) is 6.07 Å². The molecule has 2 N–H and O–H groups in total. The summed E-state index contributed by atoms with van der Waals surface area (Å²) in [5, 5.41) is 22.1. The van der Waals surface area contributed by atoms with Gasteiger partial charge < -0.3 is 5.32 Å². The molecule has 0 aliphatic rings. The number of amides is 1. The third-order valence-electron chi connectivity index (χ3n) is 2.72. The van der Waals surface area contributed by atoms with Crippen LogP contribution in [0.25, 0.3) is 0 Å². The van der Waals surface area contributed by atoms with Crippen molar-refractivity contribution in [1.29, 1.82) is 5.26 Å². The van der Waals surface area contributed by atoms with Gasteiger partial charge in [0.05, 0.1) is 11.9 Å². The summed E-state index contributed by atoms with van der Waals surface area (Å²) in [6.07, 6.45) is 2.13. The van der Waals surface area contributed by atoms with Crippen LogP contribution in [0.15, 0.2) is 12.3 Å². The number of aryl methyl sites for hydroxylation is 2. The molecule has 0 fully saturated rings. The van der Waals surface area contributed by atoms with Crippen LogP contribution in [0, 0.1) is 11.3 Å². The fourth-order valence-corrected chi connectivity index (χ4v) is 1.71. The first-order valence-corrected chi connectivity index (χ1v) is 6.01. The van der Waals surface area contributed by atoms with Gasteiger partial charge in [0.25, 0.3) is 5.91 Å². The lowest BCUT2D eigenvalue weighted by Crippen LogP contribution is -2.18. The van der Waals surface area contributed by atoms with Gasteiger partial charge in [-0.3, -0.25) is 14.6 Å². The summed E-state index contributed by atoms with van der Waals surface area (Å²) in [4.78, 5) is 12.2. The van der Waals surface area contributed by atoms with Crippen LogP contribution in [-0.2, 0) is 13.0 Å². The number of anilines is 1. The molecule has 7 heteroatoms. The number of rotatable bonds is 4. The van der Waals surface area contributed by atoms with Crippen molar-refractivity contribution in [3.05, 3.63) is 29.2 Å². The highest BCUT2D eigenvalue weighted by atomic mass is 16.2. The number of carbonyl (C=O) groups is 1. The maximum absolute atomic E-state index is 12.2. The van der Waals surface area contributed by atoms with E-state index < -0.39 is 0 Å². The molecule has 0 aliphatic carbocycles. The first-order valence-electron chi connectivity index (χ1n) is 6.01. The summed E-state index contributed by atoms with van der Waals surface area (Å²) in [6, 6.07) is 3.70. The van der Waals surface area contributed by atoms with Crippen LogP contribution in [-0.4, -0.2) is 25.9 Å². The molecule has 0 saturated heterocycles. The van der Waals surface area contributed by atoms with Gasteiger partial charge >= 0.3 is 0 Å². The topological polar surface area (TPSA) is 99.4 Å². The molecular formula is C12H14N6O. The van der Waals surface area contributed by atoms with Crippen molar-refractivity contribution in [3.63, 3.8) is 0 Å². The van der Waals surface area contributed by atoms with Gasteiger partial charge in [-0.25, -0.2) is 0 Å². The van der Waals surface area contributed by atoms with Gasteiger partial charge in [-0.1, -0.05) is 6.92 Å². The minimum atomic E-state index is -0.310. The van der Waals surface area contributed by atoms with Crippen LogP contribution < -0.4 is 5.32 Å². The second-order valence-corrected chi connectivity index (χ2v) is 3.91. The molecule has 2 rings (SSSR count). The number of hydrogen-bond acceptors (Lipinski definition) is 4. The number of nitrogens with zero attached hydrogens (tertiary/aromatic N) is 4. The molecule has 0 unspecified atom stereocenters. The predicted molar refractivity (Wildman–Crippen MR) is 68.5 cm³/mol. The molecule has 98 valence electrons. The van der Waals surface area contributed by atoms with E-state index in [0.29, 0.717) is 23.6 Å². The minimum Gasteiger partial charge on any atom is -0.304 e. The highest BCUT2D eigenvalue weighted by Gasteiger charge is 2.16. The molecule has 0 radical (unpaired) electrons. The molecular weight excluding hydrogens is 244 g/mol. The Labute approximate surface area is 110 Å². The van der Waals surface area contributed by atoms with Crippen molar-refractivity contribution in [2.75, 3.05) is 5.32 Å². The summed E-state index contributed by atoms with van der Waals surface area (Å²) in [6.45, 7) is 4.50. The average Bonchev–Trinajstić information content (AvgIpc) is 3.03. The first kappa shape index (κ1) is 12.8. The molecule has 7 nitrogen and oxygen atoms in total. The molecule has 0 bridgehead atoms. The first-order chi connectivity index (χ1) is 9.19. The van der Waals surface area contributed by atoms with E-state index in [1.54, 1.807) is 10.7 Å². The minimum absolute atomic E-state index is 0.298. The lowest BCUT2D eigenvalue weighted by Gasteiger charge is -2.04. The number of aromatic amines is 1. The highest BCUT2D eigenvalue weighted by molar-refractivity contribution is 6.03. The standard InChI is InChI=1S/C12H14N6O/c1-3-9-5-10(18(4-2)17-9)12(19)15-11-8(6-13)7-14-16-11/h5,7H,3-4H2,1-2H3,(H2,14,15,16,19). The summed E-state index contributed by atoms with van der Waals surface area (Å²) < 4.78 is 1.64. The third-order valence-corrected chi connectivity index (χ3v) is 2.72. The lowest BCUT2D eigenvalue weighted by molar-refractivity contribution is 0.101. The van der Waals surface area contributed by atoms with E-state index in [1.165, 1.54) is 6.20 Å². The Bertz CT molecular complexity index is 633. The Balaban J connectivity index is 2.25. The zero-order valence-electron chi connectivity index (χ0n) is 10.8. The zero-order valence-corrected chi connectivity index (χ0v) is 10.8. The fourth-order valence-electron chi connectivity index (χ4n) is 1.71. The molecule has 0 atom stereocenters. The van der Waals surface area contributed by atoms with Crippen molar-refractivity contribution in [2.24, 2.45) is 0 Å². The van der Waals surface area contributed by atoms with Crippen LogP contribution in [0.3, 0.4) is 0 Å². The van der Waals surface area contributed by atoms with E-state index in [0.717, 1.165) is 12.1 Å². The van der Waals surface area contributed by atoms with E-state index in [4.69, 9.17) is 5.26 Å². The summed E-state index contributed by atoms with van der Waals surface area (Å²) in [7, 11) is 0. The normalized spacial score (nSPS) is 10.2. The third kappa shape index (κ3) is 2.47. The Morgan fingerprint density at radius 3 is 3.00 bits per heavy atom. The van der Waals surface area contributed by atoms with Crippen LogP contribution in [0.5, 0.6) is 0 Å². The second kappa shape index (κ2) is 5.35. The Morgan fingerprint density at radius 1 is 1.58 bits per heavy atom. The van der Waals surface area contributed by atoms with Crippen molar-refractivity contribution < 1.29 is 4.79 Å². The van der Waals surface area contributed by atoms with E-state index >= 15 is 0 Å². The highest BCUT2D eigenvalue weighted by Crippen LogP contribution is 2.12. The van der Waals surface area contributed by atoms with E-state index in [-0.39, 0.29) is 5.91 Å². The van der Waals surface area contributed by atoms with Gasteiger partial charge in [-0.15, -0.1) is 0 Å². The molecule has 0 aliphatic heterocycles. The zero-order chi connectivity index (χ0) is 13.8. The number of nitriles is 1. The van der Waals surface area contributed by atoms with E-state index in [2.05, 4.69) is 20.6 Å². The molecule has 0 spiro atoms. The number of nitrogens with one attached hydrogen (secondary N) is 2. The van der Waals surface area contributed by atoms with Crippen LogP contribution in [0.2, 0.25) is 0 Å². The monoisotopic (exact) mass is 258 g/mol. The largest absolute Gasteiger partial charge is 0.304 e. The van der Waals surface area contributed by atoms with Crippen molar-refractivity contribution >= 4 is 11.7 Å². The number of hydrogen-bond donors (Lipinski definition) is 2. The Hall–Kier alpha value is -2.62. The molecule has 0 saturated carbocycles. The van der Waals surface area contributed by atoms with Gasteiger partial charge in [0, 0.05) is 6.54 Å². The predicted octanol–water partition coefficient (Wildman–Crippen LogP) is 1.31. The Morgan fingerprint density at radius 2 is 2.37 bits per heavy atom. The van der Waals surface area contributed by atoms with Gasteiger partial charge in [0.1, 0.15) is 23.1 Å². The summed E-state index contributed by atoms with van der Waals surface area (Å²) >= 11 is 0. The molecule has 2 aromatic rings. The van der Waals surface area contributed by atoms with Crippen LogP contribution in [0.1, 0.15) is 35.6 Å². The molecule has 19 heavy (non-hydrogen) atoms. The van der Waals surface area contributed by atoms with Crippen molar-refractivity contribution in [1.82, 2.24) is 20.0 Å². The van der Waals surface area contributed by atoms with Crippen LogP contribution in [0.4, 0.5) is 5.82 Å². The summed E-state index contributed by atoms with van der Waals surface area (Å²) in [5.41, 5.74) is 1.63. The number of H-pyrrole nitrogens is 1. The van der Waals surface area contributed by atoms with Gasteiger partial charge in [-0.05, 0) is 19.4 Å². The quantitative estimate of drug-likeness (QED) is 0.863. The van der Waals surface area contributed by atoms with E-state index in [9.17, 15) is 4.79 Å². The van der Waals surface area contributed by atoms with Gasteiger partial charge in [0.15, 0.2) is 0 Å². The molecule has 2 aromatic heterocycles. The lowest BCUT2D eigenvalue weighted by atomic mass is 10.3. The SMILES string of the molecule is CCc1cc(C(=O)Nc2[nH]ncc2C#N)n(CC)n1. The average molecular weight is 258 g/mol. The van der Waals surface area contributed by atoms with Gasteiger partial charge in [-0.2, -0.15) is 15.5 Å².